The Labute approximate surface area is 99.3 Å². The number of fused-ring (bicyclic) bond motifs is 1. The lowest BCUT2D eigenvalue weighted by atomic mass is 10.1. The number of amides is 1. The largest absolute Gasteiger partial charge is 0.486 e. The second kappa shape index (κ2) is 5.05. The summed E-state index contributed by atoms with van der Waals surface area (Å²) in [5, 5.41) is 11.7. The zero-order valence-electron chi connectivity index (χ0n) is 9.60. The molecule has 1 aliphatic heterocycles. The summed E-state index contributed by atoms with van der Waals surface area (Å²) in [7, 11) is 0. The van der Waals surface area contributed by atoms with E-state index in [0.717, 1.165) is 0 Å². The molecule has 0 aromatic heterocycles. The highest BCUT2D eigenvalue weighted by Crippen LogP contribution is 2.33. The van der Waals surface area contributed by atoms with E-state index in [-0.39, 0.29) is 12.5 Å². The molecule has 1 amide bonds. The van der Waals surface area contributed by atoms with Gasteiger partial charge >= 0.3 is 0 Å². The molecule has 1 aromatic carbocycles. The van der Waals surface area contributed by atoms with E-state index in [1.54, 1.807) is 25.1 Å². The van der Waals surface area contributed by atoms with Crippen LogP contribution in [0.1, 0.15) is 17.3 Å². The topological polar surface area (TPSA) is 67.8 Å². The first kappa shape index (κ1) is 11.7. The van der Waals surface area contributed by atoms with Gasteiger partial charge in [-0.2, -0.15) is 0 Å². The molecule has 0 aliphatic carbocycles. The molecule has 1 atom stereocenters. The Kier molecular flexibility index (Phi) is 3.49. The number of carbonyl (C=O) groups is 1. The average Bonchev–Trinajstić information content (AvgIpc) is 2.35. The maximum absolute atomic E-state index is 11.9. The zero-order valence-corrected chi connectivity index (χ0v) is 9.60. The molecule has 2 N–H and O–H groups in total. The van der Waals surface area contributed by atoms with Crippen LogP contribution in [0.25, 0.3) is 0 Å². The van der Waals surface area contributed by atoms with Crippen LogP contribution >= 0.6 is 0 Å². The standard InChI is InChI=1S/C12H15NO4/c1-8(14)7-13-12(15)9-3-2-4-10-11(9)17-6-5-16-10/h2-4,8,14H,5-7H2,1H3,(H,13,15)/t8-/m0/s1. The molecule has 0 radical (unpaired) electrons. The summed E-state index contributed by atoms with van der Waals surface area (Å²) in [5.41, 5.74) is 0.433. The van der Waals surface area contributed by atoms with E-state index in [2.05, 4.69) is 5.32 Å². The van der Waals surface area contributed by atoms with Crippen LogP contribution in [-0.2, 0) is 0 Å². The van der Waals surface area contributed by atoms with Gasteiger partial charge in [0.05, 0.1) is 11.7 Å². The van der Waals surface area contributed by atoms with Crippen LogP contribution in [-0.4, -0.2) is 36.9 Å². The molecule has 0 spiro atoms. The number of benzene rings is 1. The molecule has 92 valence electrons. The van der Waals surface area contributed by atoms with Crippen molar-refractivity contribution in [2.45, 2.75) is 13.0 Å². The number of aliphatic hydroxyl groups excluding tert-OH is 1. The smallest absolute Gasteiger partial charge is 0.255 e. The van der Waals surface area contributed by atoms with Gasteiger partial charge in [-0.15, -0.1) is 0 Å². The number of ether oxygens (including phenoxy) is 2. The van der Waals surface area contributed by atoms with E-state index in [1.807, 2.05) is 0 Å². The molecular weight excluding hydrogens is 222 g/mol. The Balaban J connectivity index is 2.17. The van der Waals surface area contributed by atoms with Crippen LogP contribution in [0.15, 0.2) is 18.2 Å². The fourth-order valence-electron chi connectivity index (χ4n) is 1.59. The summed E-state index contributed by atoms with van der Waals surface area (Å²) < 4.78 is 10.8. The number of para-hydroxylation sites is 1. The summed E-state index contributed by atoms with van der Waals surface area (Å²) in [5.74, 6) is 0.788. The summed E-state index contributed by atoms with van der Waals surface area (Å²) in [6.45, 7) is 2.75. The number of rotatable bonds is 3. The number of carbonyl (C=O) groups excluding carboxylic acids is 1. The quantitative estimate of drug-likeness (QED) is 0.806. The molecule has 1 heterocycles. The maximum Gasteiger partial charge on any atom is 0.255 e. The molecule has 0 saturated heterocycles. The third-order valence-corrected chi connectivity index (χ3v) is 2.37. The lowest BCUT2D eigenvalue weighted by Gasteiger charge is -2.20. The lowest BCUT2D eigenvalue weighted by molar-refractivity contribution is 0.0913. The molecule has 0 saturated carbocycles. The number of hydrogen-bond donors (Lipinski definition) is 2. The molecule has 2 rings (SSSR count). The summed E-state index contributed by atoms with van der Waals surface area (Å²) in [6.07, 6.45) is -0.573. The van der Waals surface area contributed by atoms with Crippen molar-refractivity contribution in [1.29, 1.82) is 0 Å². The first-order valence-corrected chi connectivity index (χ1v) is 5.53. The Morgan fingerprint density at radius 3 is 3.00 bits per heavy atom. The Bertz CT molecular complexity index is 417. The van der Waals surface area contributed by atoms with E-state index < -0.39 is 6.10 Å². The number of hydrogen-bond acceptors (Lipinski definition) is 4. The Hall–Kier alpha value is -1.75. The summed E-state index contributed by atoms with van der Waals surface area (Å²) >= 11 is 0. The van der Waals surface area contributed by atoms with E-state index in [1.165, 1.54) is 0 Å². The molecule has 1 aliphatic rings. The lowest BCUT2D eigenvalue weighted by Crippen LogP contribution is -2.31. The molecule has 5 nitrogen and oxygen atoms in total. The van der Waals surface area contributed by atoms with Gasteiger partial charge in [0, 0.05) is 6.54 Å². The molecule has 1 aromatic rings. The van der Waals surface area contributed by atoms with E-state index >= 15 is 0 Å². The molecular formula is C12H15NO4. The SMILES string of the molecule is C[C@H](O)CNC(=O)c1cccc2c1OCCO2. The van der Waals surface area contributed by atoms with Crippen LogP contribution in [0.4, 0.5) is 0 Å². The van der Waals surface area contributed by atoms with Crippen LogP contribution in [0.5, 0.6) is 11.5 Å². The van der Waals surface area contributed by atoms with Crippen molar-refractivity contribution in [3.8, 4) is 11.5 Å². The minimum absolute atomic E-state index is 0.212. The van der Waals surface area contributed by atoms with Gasteiger partial charge in [-0.1, -0.05) is 6.07 Å². The predicted molar refractivity (Wildman–Crippen MR) is 61.4 cm³/mol. The van der Waals surface area contributed by atoms with Crippen molar-refractivity contribution < 1.29 is 19.4 Å². The van der Waals surface area contributed by atoms with Gasteiger partial charge in [0.1, 0.15) is 13.2 Å². The van der Waals surface area contributed by atoms with Gasteiger partial charge in [0.25, 0.3) is 5.91 Å². The van der Waals surface area contributed by atoms with Crippen LogP contribution < -0.4 is 14.8 Å². The average molecular weight is 237 g/mol. The van der Waals surface area contributed by atoms with Crippen molar-refractivity contribution in [2.24, 2.45) is 0 Å². The Morgan fingerprint density at radius 2 is 2.24 bits per heavy atom. The molecule has 0 unspecified atom stereocenters. The van der Waals surface area contributed by atoms with Crippen LogP contribution in [0.2, 0.25) is 0 Å². The minimum Gasteiger partial charge on any atom is -0.486 e. The maximum atomic E-state index is 11.9. The van der Waals surface area contributed by atoms with Crippen molar-refractivity contribution in [3.63, 3.8) is 0 Å². The van der Waals surface area contributed by atoms with E-state index in [0.29, 0.717) is 30.3 Å². The van der Waals surface area contributed by atoms with Crippen LogP contribution in [0, 0.1) is 0 Å². The Morgan fingerprint density at radius 1 is 1.47 bits per heavy atom. The predicted octanol–water partition coefficient (Wildman–Crippen LogP) is 0.568. The molecule has 17 heavy (non-hydrogen) atoms. The van der Waals surface area contributed by atoms with Crippen LogP contribution in [0.3, 0.4) is 0 Å². The number of nitrogens with one attached hydrogen (secondary N) is 1. The van der Waals surface area contributed by atoms with Gasteiger partial charge in [0.15, 0.2) is 11.5 Å². The first-order valence-electron chi connectivity index (χ1n) is 5.53. The third-order valence-electron chi connectivity index (χ3n) is 2.37. The second-order valence-electron chi connectivity index (χ2n) is 3.89. The van der Waals surface area contributed by atoms with Crippen molar-refractivity contribution in [3.05, 3.63) is 23.8 Å². The normalized spacial score (nSPS) is 15.2. The van der Waals surface area contributed by atoms with Gasteiger partial charge in [-0.25, -0.2) is 0 Å². The fourth-order valence-corrected chi connectivity index (χ4v) is 1.59. The van der Waals surface area contributed by atoms with Gasteiger partial charge in [-0.05, 0) is 19.1 Å². The van der Waals surface area contributed by atoms with Crippen molar-refractivity contribution in [1.82, 2.24) is 5.32 Å². The zero-order chi connectivity index (χ0) is 12.3. The summed E-state index contributed by atoms with van der Waals surface area (Å²) in [6, 6.07) is 5.18. The van der Waals surface area contributed by atoms with Gasteiger partial charge < -0.3 is 19.9 Å². The third kappa shape index (κ3) is 2.68. The van der Waals surface area contributed by atoms with Gasteiger partial charge in [-0.3, -0.25) is 4.79 Å². The van der Waals surface area contributed by atoms with Crippen molar-refractivity contribution >= 4 is 5.91 Å². The second-order valence-corrected chi connectivity index (χ2v) is 3.89. The monoisotopic (exact) mass is 237 g/mol. The highest BCUT2D eigenvalue weighted by Gasteiger charge is 2.20. The van der Waals surface area contributed by atoms with Gasteiger partial charge in [0.2, 0.25) is 0 Å². The van der Waals surface area contributed by atoms with E-state index in [4.69, 9.17) is 14.6 Å². The van der Waals surface area contributed by atoms with Crippen molar-refractivity contribution in [2.75, 3.05) is 19.8 Å². The molecule has 0 bridgehead atoms. The molecule has 0 fully saturated rings. The van der Waals surface area contributed by atoms with E-state index in [9.17, 15) is 4.79 Å². The highest BCUT2D eigenvalue weighted by atomic mass is 16.6. The first-order chi connectivity index (χ1) is 8.18. The summed E-state index contributed by atoms with van der Waals surface area (Å²) in [4.78, 5) is 11.9. The minimum atomic E-state index is -0.573. The highest BCUT2D eigenvalue weighted by molar-refractivity contribution is 5.97. The fraction of sp³-hybridized carbons (Fsp3) is 0.417. The number of aliphatic hydroxyl groups is 1. The molecule has 5 heteroatoms.